The summed E-state index contributed by atoms with van der Waals surface area (Å²) in [5, 5.41) is 11.6. The highest BCUT2D eigenvalue weighted by atomic mass is 79.9. The number of hydrogen-bond acceptors (Lipinski definition) is 2. The first-order valence-electron chi connectivity index (χ1n) is 6.81. The van der Waals surface area contributed by atoms with Gasteiger partial charge in [0, 0.05) is 28.0 Å². The number of halogens is 5. The minimum Gasteiger partial charge on any atom is -0.480 e. The molecular formula is C16H10BrClF3NO3. The van der Waals surface area contributed by atoms with Crippen LogP contribution in [0.25, 0.3) is 0 Å². The van der Waals surface area contributed by atoms with Gasteiger partial charge in [-0.15, -0.1) is 0 Å². The number of rotatable bonds is 5. The normalized spacial score (nSPS) is 11.9. The summed E-state index contributed by atoms with van der Waals surface area (Å²) in [5.41, 5.74) is -0.585. The summed E-state index contributed by atoms with van der Waals surface area (Å²) in [6.07, 6.45) is -0.188. The van der Waals surface area contributed by atoms with Crippen molar-refractivity contribution in [3.63, 3.8) is 0 Å². The average molecular weight is 437 g/mol. The summed E-state index contributed by atoms with van der Waals surface area (Å²) in [4.78, 5) is 23.4. The lowest BCUT2D eigenvalue weighted by atomic mass is 10.1. The Bertz CT molecular complexity index is 824. The number of amides is 1. The molecular weight excluding hydrogens is 427 g/mol. The van der Waals surface area contributed by atoms with Gasteiger partial charge in [-0.1, -0.05) is 27.5 Å². The van der Waals surface area contributed by atoms with Gasteiger partial charge in [-0.3, -0.25) is 4.79 Å². The minimum atomic E-state index is -1.48. The zero-order valence-electron chi connectivity index (χ0n) is 12.3. The molecule has 0 saturated carbocycles. The van der Waals surface area contributed by atoms with Crippen LogP contribution in [0.1, 0.15) is 15.9 Å². The molecule has 0 heterocycles. The van der Waals surface area contributed by atoms with Gasteiger partial charge in [-0.2, -0.15) is 0 Å². The third-order valence-electron chi connectivity index (χ3n) is 3.27. The second-order valence-electron chi connectivity index (χ2n) is 5.05. The average Bonchev–Trinajstić information content (AvgIpc) is 2.49. The van der Waals surface area contributed by atoms with Crippen LogP contribution in [0, 0.1) is 17.5 Å². The summed E-state index contributed by atoms with van der Waals surface area (Å²) < 4.78 is 40.7. The third-order valence-corrected chi connectivity index (χ3v) is 4.28. The fraction of sp³-hybridized carbons (Fsp3) is 0.125. The molecule has 0 spiro atoms. The third kappa shape index (κ3) is 4.73. The maximum atomic E-state index is 13.6. The highest BCUT2D eigenvalue weighted by Crippen LogP contribution is 2.23. The quantitative estimate of drug-likeness (QED) is 0.746. The van der Waals surface area contributed by atoms with E-state index in [9.17, 15) is 27.9 Å². The highest BCUT2D eigenvalue weighted by molar-refractivity contribution is 9.10. The fourth-order valence-corrected chi connectivity index (χ4v) is 2.71. The number of aliphatic carboxylic acids is 1. The smallest absolute Gasteiger partial charge is 0.326 e. The van der Waals surface area contributed by atoms with Gasteiger partial charge in [0.2, 0.25) is 0 Å². The van der Waals surface area contributed by atoms with Crippen LogP contribution in [0.2, 0.25) is 5.02 Å². The molecule has 0 saturated heterocycles. The maximum absolute atomic E-state index is 13.6. The van der Waals surface area contributed by atoms with Crippen LogP contribution < -0.4 is 5.32 Å². The van der Waals surface area contributed by atoms with E-state index in [0.717, 1.165) is 0 Å². The van der Waals surface area contributed by atoms with E-state index < -0.39 is 40.9 Å². The Hall–Kier alpha value is -2.06. The molecule has 1 amide bonds. The molecule has 0 unspecified atom stereocenters. The van der Waals surface area contributed by atoms with E-state index in [2.05, 4.69) is 15.9 Å². The van der Waals surface area contributed by atoms with Crippen molar-refractivity contribution in [1.29, 1.82) is 0 Å². The van der Waals surface area contributed by atoms with Crippen molar-refractivity contribution in [2.24, 2.45) is 0 Å². The van der Waals surface area contributed by atoms with E-state index >= 15 is 0 Å². The summed E-state index contributed by atoms with van der Waals surface area (Å²) in [6.45, 7) is 0. The van der Waals surface area contributed by atoms with Crippen LogP contribution in [-0.4, -0.2) is 23.0 Å². The maximum Gasteiger partial charge on any atom is 0.326 e. The van der Waals surface area contributed by atoms with E-state index in [1.807, 2.05) is 5.32 Å². The summed E-state index contributed by atoms with van der Waals surface area (Å²) in [6, 6.07) is 3.85. The molecule has 25 heavy (non-hydrogen) atoms. The van der Waals surface area contributed by atoms with Gasteiger partial charge in [0.05, 0.1) is 0 Å². The summed E-state index contributed by atoms with van der Waals surface area (Å²) in [7, 11) is 0. The summed E-state index contributed by atoms with van der Waals surface area (Å²) in [5.74, 6) is -6.76. The van der Waals surface area contributed by atoms with E-state index in [-0.39, 0.29) is 6.42 Å². The Labute approximate surface area is 153 Å². The van der Waals surface area contributed by atoms with Gasteiger partial charge in [0.1, 0.15) is 29.1 Å². The SMILES string of the molecule is O=C(N[C@H](Cc1cc(Cl)ccc1Br)C(=O)O)c1c(F)cc(F)cc1F. The first-order chi connectivity index (χ1) is 11.7. The molecule has 0 aromatic heterocycles. The number of hydrogen-bond donors (Lipinski definition) is 2. The van der Waals surface area contributed by atoms with Crippen LogP contribution >= 0.6 is 27.5 Å². The fourth-order valence-electron chi connectivity index (χ4n) is 2.11. The molecule has 0 aliphatic rings. The largest absolute Gasteiger partial charge is 0.480 e. The van der Waals surface area contributed by atoms with Crippen molar-refractivity contribution in [2.75, 3.05) is 0 Å². The van der Waals surface area contributed by atoms with Crippen molar-refractivity contribution in [3.05, 3.63) is 68.4 Å². The minimum absolute atomic E-state index is 0.188. The predicted octanol–water partition coefficient (Wildman–Crippen LogP) is 3.95. The summed E-state index contributed by atoms with van der Waals surface area (Å²) >= 11 is 9.07. The number of benzene rings is 2. The number of nitrogens with one attached hydrogen (secondary N) is 1. The van der Waals surface area contributed by atoms with E-state index in [0.29, 0.717) is 27.2 Å². The molecule has 2 N–H and O–H groups in total. The molecule has 4 nitrogen and oxygen atoms in total. The highest BCUT2D eigenvalue weighted by Gasteiger charge is 2.26. The van der Waals surface area contributed by atoms with Crippen molar-refractivity contribution in [2.45, 2.75) is 12.5 Å². The first-order valence-corrected chi connectivity index (χ1v) is 7.98. The zero-order valence-corrected chi connectivity index (χ0v) is 14.7. The van der Waals surface area contributed by atoms with E-state index in [4.69, 9.17) is 11.6 Å². The second-order valence-corrected chi connectivity index (χ2v) is 6.34. The lowest BCUT2D eigenvalue weighted by molar-refractivity contribution is -0.139. The van der Waals surface area contributed by atoms with Crippen molar-refractivity contribution < 1.29 is 27.9 Å². The van der Waals surface area contributed by atoms with Gasteiger partial charge >= 0.3 is 5.97 Å². The Morgan fingerprint density at radius 1 is 1.16 bits per heavy atom. The first kappa shape index (κ1) is 19.3. The number of carbonyl (C=O) groups is 2. The molecule has 2 aromatic rings. The second kappa shape index (κ2) is 7.88. The van der Waals surface area contributed by atoms with Crippen LogP contribution in [0.3, 0.4) is 0 Å². The molecule has 0 radical (unpaired) electrons. The standard InChI is InChI=1S/C16H10BrClF3NO3/c17-10-2-1-8(18)3-7(10)4-13(16(24)25)22-15(23)14-11(20)5-9(19)6-12(14)21/h1-3,5-6,13H,4H2,(H,22,23)(H,24,25)/t13-/m1/s1. The molecule has 0 bridgehead atoms. The Balaban J connectivity index is 2.26. The predicted molar refractivity (Wildman–Crippen MR) is 88.1 cm³/mol. The van der Waals surface area contributed by atoms with Gasteiger partial charge < -0.3 is 10.4 Å². The number of carboxylic acids is 1. The van der Waals surface area contributed by atoms with Crippen molar-refractivity contribution in [3.8, 4) is 0 Å². The lowest BCUT2D eigenvalue weighted by Crippen LogP contribution is -2.43. The van der Waals surface area contributed by atoms with Crippen LogP contribution in [0.15, 0.2) is 34.8 Å². The monoisotopic (exact) mass is 435 g/mol. The molecule has 0 aliphatic carbocycles. The molecule has 0 aliphatic heterocycles. The van der Waals surface area contributed by atoms with Crippen LogP contribution in [-0.2, 0) is 11.2 Å². The van der Waals surface area contributed by atoms with E-state index in [1.165, 1.54) is 6.07 Å². The Morgan fingerprint density at radius 2 is 1.76 bits per heavy atom. The number of carbonyl (C=O) groups excluding carboxylic acids is 1. The molecule has 0 fully saturated rings. The van der Waals surface area contributed by atoms with Crippen LogP contribution in [0.4, 0.5) is 13.2 Å². The zero-order chi connectivity index (χ0) is 18.7. The Morgan fingerprint density at radius 3 is 2.32 bits per heavy atom. The van der Waals surface area contributed by atoms with Crippen molar-refractivity contribution in [1.82, 2.24) is 5.32 Å². The molecule has 2 aromatic carbocycles. The van der Waals surface area contributed by atoms with E-state index in [1.54, 1.807) is 12.1 Å². The molecule has 2 rings (SSSR count). The topological polar surface area (TPSA) is 66.4 Å². The van der Waals surface area contributed by atoms with Gasteiger partial charge in [0.25, 0.3) is 5.91 Å². The lowest BCUT2D eigenvalue weighted by Gasteiger charge is -2.16. The Kier molecular flexibility index (Phi) is 6.07. The van der Waals surface area contributed by atoms with Crippen molar-refractivity contribution >= 4 is 39.4 Å². The molecule has 1 atom stereocenters. The van der Waals surface area contributed by atoms with Gasteiger partial charge in [-0.25, -0.2) is 18.0 Å². The number of carboxylic acid groups (broad SMARTS) is 1. The van der Waals surface area contributed by atoms with Crippen LogP contribution in [0.5, 0.6) is 0 Å². The van der Waals surface area contributed by atoms with Gasteiger partial charge in [-0.05, 0) is 23.8 Å². The molecule has 132 valence electrons. The van der Waals surface area contributed by atoms with Gasteiger partial charge in [0.15, 0.2) is 0 Å². The molecule has 9 heteroatoms.